The molecule has 0 atom stereocenters. The van der Waals surface area contributed by atoms with E-state index >= 15 is 0 Å². The van der Waals surface area contributed by atoms with Gasteiger partial charge >= 0.3 is 5.97 Å². The molecule has 20 heavy (non-hydrogen) atoms. The highest BCUT2D eigenvalue weighted by molar-refractivity contribution is 7.09. The van der Waals surface area contributed by atoms with Crippen LogP contribution in [0.3, 0.4) is 0 Å². The van der Waals surface area contributed by atoms with Crippen LogP contribution in [0.25, 0.3) is 10.9 Å². The van der Waals surface area contributed by atoms with Crippen molar-refractivity contribution < 1.29 is 9.90 Å². The first-order valence-corrected chi connectivity index (χ1v) is 7.24. The van der Waals surface area contributed by atoms with Crippen LogP contribution in [0.15, 0.2) is 36.0 Å². The molecule has 0 unspecified atom stereocenters. The second-order valence-corrected chi connectivity index (χ2v) is 5.64. The zero-order chi connectivity index (χ0) is 14.1. The number of rotatable bonds is 4. The standard InChI is InChI=1S/C15H14N2O2S/c1-10-14(20-9-16-10)5-7-17-6-4-11-2-3-12(15(18)19)8-13(11)17/h2-4,6,8-9H,5,7H2,1H3,(H,18,19). The number of fused-ring (bicyclic) bond motifs is 1. The van der Waals surface area contributed by atoms with Gasteiger partial charge in [-0.3, -0.25) is 0 Å². The molecule has 0 aliphatic heterocycles. The van der Waals surface area contributed by atoms with E-state index in [9.17, 15) is 4.79 Å². The van der Waals surface area contributed by atoms with Crippen LogP contribution in [0.1, 0.15) is 20.9 Å². The summed E-state index contributed by atoms with van der Waals surface area (Å²) in [7, 11) is 0. The van der Waals surface area contributed by atoms with Gasteiger partial charge in [-0.05, 0) is 30.5 Å². The fraction of sp³-hybridized carbons (Fsp3) is 0.200. The van der Waals surface area contributed by atoms with Crippen LogP contribution in [0.2, 0.25) is 0 Å². The lowest BCUT2D eigenvalue weighted by Gasteiger charge is -2.05. The molecule has 5 heteroatoms. The number of hydrogen-bond donors (Lipinski definition) is 1. The van der Waals surface area contributed by atoms with Gasteiger partial charge in [0, 0.05) is 29.6 Å². The van der Waals surface area contributed by atoms with Crippen molar-refractivity contribution in [2.45, 2.75) is 19.9 Å². The lowest BCUT2D eigenvalue weighted by molar-refractivity contribution is 0.0697. The van der Waals surface area contributed by atoms with E-state index in [0.717, 1.165) is 29.6 Å². The highest BCUT2D eigenvalue weighted by Crippen LogP contribution is 2.20. The molecular formula is C15H14N2O2S. The van der Waals surface area contributed by atoms with Gasteiger partial charge in [-0.15, -0.1) is 11.3 Å². The van der Waals surface area contributed by atoms with Crippen LogP contribution in [0, 0.1) is 6.92 Å². The predicted molar refractivity (Wildman–Crippen MR) is 79.5 cm³/mol. The lowest BCUT2D eigenvalue weighted by atomic mass is 10.1. The molecule has 3 aromatic rings. The fourth-order valence-electron chi connectivity index (χ4n) is 2.30. The number of nitrogens with zero attached hydrogens (tertiary/aromatic N) is 2. The molecule has 2 aromatic heterocycles. The zero-order valence-electron chi connectivity index (χ0n) is 11.0. The molecule has 0 aliphatic rings. The van der Waals surface area contributed by atoms with Gasteiger partial charge in [0.1, 0.15) is 0 Å². The molecule has 1 aromatic carbocycles. The first-order chi connectivity index (χ1) is 9.65. The summed E-state index contributed by atoms with van der Waals surface area (Å²) in [6.07, 6.45) is 2.92. The minimum atomic E-state index is -0.891. The Hall–Kier alpha value is -2.14. The van der Waals surface area contributed by atoms with E-state index in [1.807, 2.05) is 30.8 Å². The second-order valence-electron chi connectivity index (χ2n) is 4.70. The second kappa shape index (κ2) is 5.09. The molecule has 0 amide bonds. The van der Waals surface area contributed by atoms with Gasteiger partial charge in [-0.2, -0.15) is 0 Å². The topological polar surface area (TPSA) is 55.1 Å². The lowest BCUT2D eigenvalue weighted by Crippen LogP contribution is -2.01. The molecule has 0 bridgehead atoms. The van der Waals surface area contributed by atoms with Crippen molar-refractivity contribution in [3.63, 3.8) is 0 Å². The van der Waals surface area contributed by atoms with Crippen molar-refractivity contribution in [2.75, 3.05) is 0 Å². The maximum Gasteiger partial charge on any atom is 0.335 e. The summed E-state index contributed by atoms with van der Waals surface area (Å²) in [5.41, 5.74) is 4.23. The minimum Gasteiger partial charge on any atom is -0.478 e. The first kappa shape index (κ1) is 12.9. The summed E-state index contributed by atoms with van der Waals surface area (Å²) in [6.45, 7) is 2.84. The Morgan fingerprint density at radius 1 is 1.40 bits per heavy atom. The number of aryl methyl sites for hydroxylation is 3. The number of thiazole rings is 1. The van der Waals surface area contributed by atoms with E-state index in [1.54, 1.807) is 23.5 Å². The van der Waals surface area contributed by atoms with Crippen molar-refractivity contribution >= 4 is 28.2 Å². The number of aromatic carboxylic acids is 1. The highest BCUT2D eigenvalue weighted by atomic mass is 32.1. The number of carbonyl (C=O) groups is 1. The quantitative estimate of drug-likeness (QED) is 0.800. The van der Waals surface area contributed by atoms with Gasteiger partial charge in [0.05, 0.1) is 16.8 Å². The van der Waals surface area contributed by atoms with Crippen LogP contribution in [-0.2, 0) is 13.0 Å². The summed E-state index contributed by atoms with van der Waals surface area (Å²) in [4.78, 5) is 16.6. The molecule has 0 saturated carbocycles. The van der Waals surface area contributed by atoms with E-state index in [2.05, 4.69) is 9.55 Å². The zero-order valence-corrected chi connectivity index (χ0v) is 11.9. The maximum absolute atomic E-state index is 11.1. The molecule has 2 heterocycles. The number of aromatic nitrogens is 2. The molecule has 0 spiro atoms. The van der Waals surface area contributed by atoms with Gasteiger partial charge in [-0.25, -0.2) is 9.78 Å². The molecule has 0 aliphatic carbocycles. The third-order valence-electron chi connectivity index (χ3n) is 3.45. The summed E-state index contributed by atoms with van der Waals surface area (Å²) in [5, 5.41) is 10.1. The summed E-state index contributed by atoms with van der Waals surface area (Å²) < 4.78 is 2.10. The molecule has 0 fully saturated rings. The van der Waals surface area contributed by atoms with Gasteiger partial charge in [-0.1, -0.05) is 6.07 Å². The monoisotopic (exact) mass is 286 g/mol. The molecule has 3 rings (SSSR count). The SMILES string of the molecule is Cc1ncsc1CCn1ccc2ccc(C(=O)O)cc21. The Kier molecular flexibility index (Phi) is 3.28. The van der Waals surface area contributed by atoms with E-state index in [-0.39, 0.29) is 0 Å². The first-order valence-electron chi connectivity index (χ1n) is 6.36. The Morgan fingerprint density at radius 2 is 2.25 bits per heavy atom. The normalized spacial score (nSPS) is 11.1. The van der Waals surface area contributed by atoms with Crippen LogP contribution in [0.4, 0.5) is 0 Å². The smallest absolute Gasteiger partial charge is 0.335 e. The molecule has 1 N–H and O–H groups in total. The summed E-state index contributed by atoms with van der Waals surface area (Å²) >= 11 is 1.67. The highest BCUT2D eigenvalue weighted by Gasteiger charge is 2.08. The van der Waals surface area contributed by atoms with E-state index < -0.39 is 5.97 Å². The number of carboxylic acids is 1. The van der Waals surface area contributed by atoms with Crippen molar-refractivity contribution in [3.05, 3.63) is 52.1 Å². The van der Waals surface area contributed by atoms with Crippen molar-refractivity contribution in [3.8, 4) is 0 Å². The predicted octanol–water partition coefficient (Wildman–Crippen LogP) is 3.35. The number of hydrogen-bond acceptors (Lipinski definition) is 3. The van der Waals surface area contributed by atoms with Crippen LogP contribution < -0.4 is 0 Å². The molecule has 4 nitrogen and oxygen atoms in total. The Balaban J connectivity index is 1.89. The summed E-state index contributed by atoms with van der Waals surface area (Å²) in [6, 6.07) is 7.24. The average molecular weight is 286 g/mol. The fourth-order valence-corrected chi connectivity index (χ4v) is 3.07. The van der Waals surface area contributed by atoms with Crippen LogP contribution >= 0.6 is 11.3 Å². The molecule has 0 saturated heterocycles. The van der Waals surface area contributed by atoms with Crippen molar-refractivity contribution in [1.82, 2.24) is 9.55 Å². The third-order valence-corrected chi connectivity index (χ3v) is 4.44. The van der Waals surface area contributed by atoms with Gasteiger partial charge in [0.25, 0.3) is 0 Å². The molecular weight excluding hydrogens is 272 g/mol. The third kappa shape index (κ3) is 2.32. The Morgan fingerprint density at radius 3 is 2.95 bits per heavy atom. The minimum absolute atomic E-state index is 0.325. The van der Waals surface area contributed by atoms with Crippen LogP contribution in [-0.4, -0.2) is 20.6 Å². The average Bonchev–Trinajstić information content (AvgIpc) is 3.02. The van der Waals surface area contributed by atoms with Crippen molar-refractivity contribution in [2.24, 2.45) is 0 Å². The molecule has 0 radical (unpaired) electrons. The largest absolute Gasteiger partial charge is 0.478 e. The Bertz CT molecular complexity index is 773. The number of benzene rings is 1. The van der Waals surface area contributed by atoms with Gasteiger partial charge in [0.15, 0.2) is 0 Å². The van der Waals surface area contributed by atoms with E-state index in [0.29, 0.717) is 5.56 Å². The van der Waals surface area contributed by atoms with E-state index in [4.69, 9.17) is 5.11 Å². The van der Waals surface area contributed by atoms with Gasteiger partial charge < -0.3 is 9.67 Å². The van der Waals surface area contributed by atoms with Gasteiger partial charge in [0.2, 0.25) is 0 Å². The van der Waals surface area contributed by atoms with Crippen LogP contribution in [0.5, 0.6) is 0 Å². The Labute approximate surface area is 120 Å². The van der Waals surface area contributed by atoms with E-state index in [1.165, 1.54) is 4.88 Å². The maximum atomic E-state index is 11.1. The number of carboxylic acid groups (broad SMARTS) is 1. The van der Waals surface area contributed by atoms with Crippen molar-refractivity contribution in [1.29, 1.82) is 0 Å². The molecule has 102 valence electrons. The summed E-state index contributed by atoms with van der Waals surface area (Å²) in [5.74, 6) is -0.891.